The number of rotatable bonds is 5. The fraction of sp³-hybridized carbons (Fsp3) is 0.286. The molecule has 0 atom stereocenters. The van der Waals surface area contributed by atoms with Crippen molar-refractivity contribution in [2.24, 2.45) is 0 Å². The molecule has 0 bridgehead atoms. The number of benzene rings is 1. The van der Waals surface area contributed by atoms with Crippen LogP contribution < -0.4 is 10.1 Å². The number of hydrogen-bond donors (Lipinski definition) is 1. The molecule has 1 aromatic carbocycles. The maximum atomic E-state index is 11.7. The third-order valence-electron chi connectivity index (χ3n) is 2.37. The number of ether oxygens (including phenoxy) is 2. The van der Waals surface area contributed by atoms with Gasteiger partial charge in [-0.15, -0.1) is 6.42 Å². The Balaban J connectivity index is 2.59. The first kappa shape index (κ1) is 14.6. The molecule has 1 rings (SSSR count). The van der Waals surface area contributed by atoms with Gasteiger partial charge in [0.1, 0.15) is 5.75 Å². The van der Waals surface area contributed by atoms with Gasteiger partial charge in [0.05, 0.1) is 19.2 Å². The summed E-state index contributed by atoms with van der Waals surface area (Å²) in [5, 5.41) is 2.39. The Hall–Kier alpha value is -2.48. The molecule has 0 aliphatic heterocycles. The molecule has 100 valence electrons. The minimum atomic E-state index is -0.589. The van der Waals surface area contributed by atoms with Crippen molar-refractivity contribution >= 4 is 11.9 Å². The number of amides is 1. The first-order valence-corrected chi connectivity index (χ1v) is 5.60. The van der Waals surface area contributed by atoms with Crippen LogP contribution in [0.4, 0.5) is 0 Å². The van der Waals surface area contributed by atoms with E-state index in [0.29, 0.717) is 11.3 Å². The molecule has 5 heteroatoms. The van der Waals surface area contributed by atoms with E-state index in [1.807, 2.05) is 6.92 Å². The Kier molecular flexibility index (Phi) is 5.42. The van der Waals surface area contributed by atoms with Crippen LogP contribution in [0.2, 0.25) is 0 Å². The molecule has 5 nitrogen and oxygen atoms in total. The summed E-state index contributed by atoms with van der Waals surface area (Å²) in [5.41, 5.74) is 1.23. The fourth-order valence-electron chi connectivity index (χ4n) is 1.36. The highest BCUT2D eigenvalue weighted by molar-refractivity contribution is 5.91. The van der Waals surface area contributed by atoms with Gasteiger partial charge in [-0.1, -0.05) is 12.0 Å². The molecule has 0 aromatic heterocycles. The van der Waals surface area contributed by atoms with Crippen LogP contribution in [0, 0.1) is 19.3 Å². The van der Waals surface area contributed by atoms with Gasteiger partial charge in [-0.3, -0.25) is 4.79 Å². The molecule has 0 radical (unpaired) electrons. The summed E-state index contributed by atoms with van der Waals surface area (Å²) >= 11 is 0. The Morgan fingerprint density at radius 3 is 2.79 bits per heavy atom. The zero-order valence-electron chi connectivity index (χ0n) is 10.9. The van der Waals surface area contributed by atoms with Crippen LogP contribution in [0.5, 0.6) is 5.75 Å². The van der Waals surface area contributed by atoms with Crippen LogP contribution in [0.3, 0.4) is 0 Å². The average molecular weight is 261 g/mol. The maximum absolute atomic E-state index is 11.7. The van der Waals surface area contributed by atoms with E-state index < -0.39 is 11.9 Å². The van der Waals surface area contributed by atoms with Crippen LogP contribution in [-0.2, 0) is 9.53 Å². The lowest BCUT2D eigenvalue weighted by Crippen LogP contribution is -2.29. The number of terminal acetylenes is 1. The predicted octanol–water partition coefficient (Wildman–Crippen LogP) is 0.910. The van der Waals surface area contributed by atoms with Crippen LogP contribution >= 0.6 is 0 Å². The number of carbonyl (C=O) groups is 2. The third kappa shape index (κ3) is 4.36. The summed E-state index contributed by atoms with van der Waals surface area (Å²) in [4.78, 5) is 22.9. The van der Waals surface area contributed by atoms with Crippen molar-refractivity contribution in [1.29, 1.82) is 0 Å². The summed E-state index contributed by atoms with van der Waals surface area (Å²) in [6.07, 6.45) is 4.98. The molecule has 0 unspecified atom stereocenters. The van der Waals surface area contributed by atoms with E-state index in [1.54, 1.807) is 18.2 Å². The van der Waals surface area contributed by atoms with Gasteiger partial charge in [-0.2, -0.15) is 0 Å². The SMILES string of the molecule is C#CCNC(=O)COC(=O)c1ccc(C)c(OC)c1. The average Bonchev–Trinajstić information content (AvgIpc) is 2.42. The summed E-state index contributed by atoms with van der Waals surface area (Å²) in [6.45, 7) is 1.60. The minimum absolute atomic E-state index is 0.106. The molecule has 0 aliphatic rings. The van der Waals surface area contributed by atoms with Gasteiger partial charge >= 0.3 is 5.97 Å². The van der Waals surface area contributed by atoms with Gasteiger partial charge in [0.15, 0.2) is 6.61 Å². The minimum Gasteiger partial charge on any atom is -0.496 e. The molecule has 0 fully saturated rings. The summed E-state index contributed by atoms with van der Waals surface area (Å²) in [6, 6.07) is 4.92. The van der Waals surface area contributed by atoms with E-state index in [2.05, 4.69) is 11.2 Å². The standard InChI is InChI=1S/C14H15NO4/c1-4-7-15-13(16)9-19-14(17)11-6-5-10(2)12(8-11)18-3/h1,5-6,8H,7,9H2,2-3H3,(H,15,16). The lowest BCUT2D eigenvalue weighted by atomic mass is 10.1. The van der Waals surface area contributed by atoms with Crippen LogP contribution in [0.15, 0.2) is 18.2 Å². The van der Waals surface area contributed by atoms with E-state index in [4.69, 9.17) is 15.9 Å². The van der Waals surface area contributed by atoms with E-state index in [0.717, 1.165) is 5.56 Å². The van der Waals surface area contributed by atoms with Crippen LogP contribution in [0.1, 0.15) is 15.9 Å². The summed E-state index contributed by atoms with van der Waals surface area (Å²) < 4.78 is 9.96. The molecular formula is C14H15NO4. The second-order valence-electron chi connectivity index (χ2n) is 3.74. The van der Waals surface area contributed by atoms with E-state index >= 15 is 0 Å². The molecule has 0 aliphatic carbocycles. The molecule has 0 spiro atoms. The molecule has 0 saturated heterocycles. The third-order valence-corrected chi connectivity index (χ3v) is 2.37. The molecule has 1 amide bonds. The lowest BCUT2D eigenvalue weighted by Gasteiger charge is -2.08. The van der Waals surface area contributed by atoms with Gasteiger partial charge in [0.2, 0.25) is 0 Å². The topological polar surface area (TPSA) is 64.6 Å². The zero-order chi connectivity index (χ0) is 14.3. The molecule has 1 aromatic rings. The Labute approximate surface area is 111 Å². The van der Waals surface area contributed by atoms with E-state index in [1.165, 1.54) is 7.11 Å². The highest BCUT2D eigenvalue weighted by atomic mass is 16.5. The number of methoxy groups -OCH3 is 1. The second-order valence-corrected chi connectivity index (χ2v) is 3.74. The van der Waals surface area contributed by atoms with Gasteiger partial charge < -0.3 is 14.8 Å². The number of nitrogens with one attached hydrogen (secondary N) is 1. The van der Waals surface area contributed by atoms with Crippen molar-refractivity contribution in [3.63, 3.8) is 0 Å². The molecule has 0 saturated carbocycles. The molecular weight excluding hydrogens is 246 g/mol. The van der Waals surface area contributed by atoms with Gasteiger partial charge in [-0.25, -0.2) is 4.79 Å². The molecule has 1 N–H and O–H groups in total. The smallest absolute Gasteiger partial charge is 0.338 e. The van der Waals surface area contributed by atoms with Gasteiger partial charge in [0, 0.05) is 0 Å². The second kappa shape index (κ2) is 7.07. The first-order chi connectivity index (χ1) is 9.08. The molecule has 0 heterocycles. The highest BCUT2D eigenvalue weighted by Crippen LogP contribution is 2.19. The molecule has 19 heavy (non-hydrogen) atoms. The highest BCUT2D eigenvalue weighted by Gasteiger charge is 2.11. The van der Waals surface area contributed by atoms with Crippen LogP contribution in [-0.4, -0.2) is 32.1 Å². The Morgan fingerprint density at radius 2 is 2.16 bits per heavy atom. The predicted molar refractivity (Wildman–Crippen MR) is 69.9 cm³/mol. The Bertz CT molecular complexity index is 517. The normalized spacial score (nSPS) is 9.32. The Morgan fingerprint density at radius 1 is 1.42 bits per heavy atom. The van der Waals surface area contributed by atoms with Crippen molar-refractivity contribution < 1.29 is 19.1 Å². The van der Waals surface area contributed by atoms with Gasteiger partial charge in [-0.05, 0) is 24.6 Å². The van der Waals surface area contributed by atoms with Crippen molar-refractivity contribution in [3.8, 4) is 18.1 Å². The number of aryl methyl sites for hydroxylation is 1. The first-order valence-electron chi connectivity index (χ1n) is 5.60. The monoisotopic (exact) mass is 261 g/mol. The van der Waals surface area contributed by atoms with E-state index in [9.17, 15) is 9.59 Å². The summed E-state index contributed by atoms with van der Waals surface area (Å²) in [5.74, 6) is 1.81. The van der Waals surface area contributed by atoms with Crippen molar-refractivity contribution in [1.82, 2.24) is 5.32 Å². The lowest BCUT2D eigenvalue weighted by molar-refractivity contribution is -0.123. The number of esters is 1. The van der Waals surface area contributed by atoms with Crippen LogP contribution in [0.25, 0.3) is 0 Å². The van der Waals surface area contributed by atoms with E-state index in [-0.39, 0.29) is 13.2 Å². The summed E-state index contributed by atoms with van der Waals surface area (Å²) in [7, 11) is 1.52. The number of hydrogen-bond acceptors (Lipinski definition) is 4. The number of carbonyl (C=O) groups excluding carboxylic acids is 2. The maximum Gasteiger partial charge on any atom is 0.338 e. The van der Waals surface area contributed by atoms with Crippen molar-refractivity contribution in [2.75, 3.05) is 20.3 Å². The van der Waals surface area contributed by atoms with Gasteiger partial charge in [0.25, 0.3) is 5.91 Å². The van der Waals surface area contributed by atoms with Crippen molar-refractivity contribution in [2.45, 2.75) is 6.92 Å². The fourth-order valence-corrected chi connectivity index (χ4v) is 1.36. The largest absolute Gasteiger partial charge is 0.496 e. The quantitative estimate of drug-likeness (QED) is 0.632. The zero-order valence-corrected chi connectivity index (χ0v) is 10.9. The van der Waals surface area contributed by atoms with Crippen molar-refractivity contribution in [3.05, 3.63) is 29.3 Å².